The number of alkyl halides is 3. The van der Waals surface area contributed by atoms with Crippen molar-refractivity contribution in [2.75, 3.05) is 20.2 Å². The van der Waals surface area contributed by atoms with Gasteiger partial charge in [0, 0.05) is 19.5 Å². The molecular formula is C17H20F3N3O4. The van der Waals surface area contributed by atoms with Crippen molar-refractivity contribution in [1.29, 1.82) is 0 Å². The van der Waals surface area contributed by atoms with E-state index in [2.05, 4.69) is 5.32 Å². The molecule has 2 N–H and O–H groups in total. The first kappa shape index (κ1) is 20.7. The number of piperidine rings is 1. The molecule has 1 aromatic heterocycles. The molecule has 1 saturated heterocycles. The quantitative estimate of drug-likeness (QED) is 0.819. The van der Waals surface area contributed by atoms with Crippen molar-refractivity contribution in [3.05, 3.63) is 34.4 Å². The lowest BCUT2D eigenvalue weighted by molar-refractivity contribution is -0.192. The van der Waals surface area contributed by atoms with Crippen molar-refractivity contribution in [1.82, 2.24) is 14.9 Å². The number of rotatable bonds is 2. The standard InChI is InChI=1S/C15H19N3O2.C2HF3O2/c1-18-14(10-4-3-7-16-9-10)17-13-6-5-11(20-2)8-12(13)15(18)19;3-2(4,5)1(6)7/h5-6,8,10,16H,3-4,7,9H2,1-2H3;(H,6,7)/t10-;/m1./s1. The molecule has 1 aromatic carbocycles. The summed E-state index contributed by atoms with van der Waals surface area (Å²) in [5.74, 6) is -0.885. The van der Waals surface area contributed by atoms with E-state index in [9.17, 15) is 18.0 Å². The summed E-state index contributed by atoms with van der Waals surface area (Å²) in [5, 5.41) is 11.1. The number of ether oxygens (including phenoxy) is 1. The molecule has 2 heterocycles. The number of hydrogen-bond acceptors (Lipinski definition) is 5. The van der Waals surface area contributed by atoms with E-state index in [0.29, 0.717) is 17.1 Å². The number of aliphatic carboxylic acids is 1. The fraction of sp³-hybridized carbons (Fsp3) is 0.471. The van der Waals surface area contributed by atoms with Crippen molar-refractivity contribution in [2.45, 2.75) is 24.9 Å². The van der Waals surface area contributed by atoms with Crippen LogP contribution in [0.5, 0.6) is 5.75 Å². The summed E-state index contributed by atoms with van der Waals surface area (Å²) in [7, 11) is 3.40. The van der Waals surface area contributed by atoms with E-state index < -0.39 is 12.1 Å². The van der Waals surface area contributed by atoms with Crippen LogP contribution < -0.4 is 15.6 Å². The summed E-state index contributed by atoms with van der Waals surface area (Å²) >= 11 is 0. The number of fused-ring (bicyclic) bond motifs is 1. The van der Waals surface area contributed by atoms with Crippen LogP contribution in [0.1, 0.15) is 24.6 Å². The van der Waals surface area contributed by atoms with Crippen LogP contribution in [0.2, 0.25) is 0 Å². The Labute approximate surface area is 152 Å². The van der Waals surface area contributed by atoms with Crippen LogP contribution in [0.3, 0.4) is 0 Å². The Morgan fingerprint density at radius 3 is 2.59 bits per heavy atom. The van der Waals surface area contributed by atoms with Gasteiger partial charge in [-0.3, -0.25) is 9.36 Å². The van der Waals surface area contributed by atoms with Crippen molar-refractivity contribution in [3.8, 4) is 5.75 Å². The molecule has 10 heteroatoms. The highest BCUT2D eigenvalue weighted by molar-refractivity contribution is 5.79. The number of carboxylic acid groups (broad SMARTS) is 1. The lowest BCUT2D eigenvalue weighted by Crippen LogP contribution is -2.33. The molecule has 27 heavy (non-hydrogen) atoms. The van der Waals surface area contributed by atoms with Gasteiger partial charge in [0.1, 0.15) is 11.6 Å². The van der Waals surface area contributed by atoms with Gasteiger partial charge in [0.15, 0.2) is 0 Å². The average Bonchev–Trinajstić information content (AvgIpc) is 2.64. The number of carboxylic acids is 1. The molecule has 0 radical (unpaired) electrons. The number of aromatic nitrogens is 2. The Kier molecular flexibility index (Phi) is 6.42. The maximum absolute atomic E-state index is 12.5. The zero-order valence-corrected chi connectivity index (χ0v) is 14.8. The largest absolute Gasteiger partial charge is 0.497 e. The number of hydrogen-bond donors (Lipinski definition) is 2. The normalized spacial score (nSPS) is 17.1. The number of carbonyl (C=O) groups is 1. The Morgan fingerprint density at radius 2 is 2.07 bits per heavy atom. The zero-order chi connectivity index (χ0) is 20.2. The minimum Gasteiger partial charge on any atom is -0.497 e. The van der Waals surface area contributed by atoms with E-state index in [0.717, 1.165) is 37.3 Å². The molecule has 1 atom stereocenters. The van der Waals surface area contributed by atoms with E-state index >= 15 is 0 Å². The van der Waals surface area contributed by atoms with Gasteiger partial charge in [-0.2, -0.15) is 13.2 Å². The van der Waals surface area contributed by atoms with Crippen molar-refractivity contribution < 1.29 is 27.8 Å². The van der Waals surface area contributed by atoms with Gasteiger partial charge in [-0.05, 0) is 37.6 Å². The molecule has 0 saturated carbocycles. The monoisotopic (exact) mass is 387 g/mol. The molecule has 3 rings (SSSR count). The second-order valence-electron chi connectivity index (χ2n) is 6.06. The highest BCUT2D eigenvalue weighted by Crippen LogP contribution is 2.23. The Hall–Kier alpha value is -2.62. The van der Waals surface area contributed by atoms with Crippen LogP contribution >= 0.6 is 0 Å². The molecule has 7 nitrogen and oxygen atoms in total. The lowest BCUT2D eigenvalue weighted by atomic mass is 9.98. The van der Waals surface area contributed by atoms with Gasteiger partial charge in [-0.15, -0.1) is 0 Å². The van der Waals surface area contributed by atoms with Crippen LogP contribution in [-0.4, -0.2) is 47.0 Å². The first-order chi connectivity index (χ1) is 12.6. The van der Waals surface area contributed by atoms with Crippen molar-refractivity contribution in [2.24, 2.45) is 7.05 Å². The van der Waals surface area contributed by atoms with E-state index in [1.807, 2.05) is 12.1 Å². The third kappa shape index (κ3) is 4.97. The molecule has 0 unspecified atom stereocenters. The van der Waals surface area contributed by atoms with Crippen LogP contribution in [0, 0.1) is 0 Å². The summed E-state index contributed by atoms with van der Waals surface area (Å²) in [6.45, 7) is 1.94. The summed E-state index contributed by atoms with van der Waals surface area (Å²) < 4.78 is 38.6. The summed E-state index contributed by atoms with van der Waals surface area (Å²) in [6.07, 6.45) is -2.88. The molecule has 1 fully saturated rings. The highest BCUT2D eigenvalue weighted by atomic mass is 19.4. The Morgan fingerprint density at radius 1 is 1.41 bits per heavy atom. The molecular weight excluding hydrogens is 367 g/mol. The molecule has 148 valence electrons. The van der Waals surface area contributed by atoms with Crippen LogP contribution in [0.15, 0.2) is 23.0 Å². The predicted octanol–water partition coefficient (Wildman–Crippen LogP) is 2.04. The van der Waals surface area contributed by atoms with Gasteiger partial charge >= 0.3 is 12.1 Å². The third-order valence-electron chi connectivity index (χ3n) is 4.22. The lowest BCUT2D eigenvalue weighted by Gasteiger charge is -2.24. The summed E-state index contributed by atoms with van der Waals surface area (Å²) in [5.41, 5.74) is 0.740. The fourth-order valence-electron chi connectivity index (χ4n) is 2.83. The van der Waals surface area contributed by atoms with Gasteiger partial charge < -0.3 is 15.2 Å². The smallest absolute Gasteiger partial charge is 0.490 e. The minimum atomic E-state index is -5.08. The van der Waals surface area contributed by atoms with Gasteiger partial charge in [0.25, 0.3) is 5.56 Å². The fourth-order valence-corrected chi connectivity index (χ4v) is 2.83. The van der Waals surface area contributed by atoms with Gasteiger partial charge in [-0.1, -0.05) is 0 Å². The SMILES string of the molecule is COc1ccc2nc([C@@H]3CCCNC3)n(C)c(=O)c2c1.O=C(O)C(F)(F)F. The third-order valence-corrected chi connectivity index (χ3v) is 4.22. The Bertz CT molecular complexity index is 874. The number of benzene rings is 1. The molecule has 0 bridgehead atoms. The zero-order valence-electron chi connectivity index (χ0n) is 14.8. The molecule has 2 aromatic rings. The topological polar surface area (TPSA) is 93.5 Å². The van der Waals surface area contributed by atoms with Gasteiger partial charge in [0.05, 0.1) is 18.0 Å². The number of nitrogens with one attached hydrogen (secondary N) is 1. The van der Waals surface area contributed by atoms with Gasteiger partial charge in [-0.25, -0.2) is 9.78 Å². The molecule has 1 aliphatic heterocycles. The average molecular weight is 387 g/mol. The second-order valence-corrected chi connectivity index (χ2v) is 6.06. The van der Waals surface area contributed by atoms with Crippen LogP contribution in [0.25, 0.3) is 10.9 Å². The van der Waals surface area contributed by atoms with E-state index in [-0.39, 0.29) is 5.56 Å². The Balaban J connectivity index is 0.000000321. The highest BCUT2D eigenvalue weighted by Gasteiger charge is 2.38. The predicted molar refractivity (Wildman–Crippen MR) is 92.1 cm³/mol. The first-order valence-electron chi connectivity index (χ1n) is 8.20. The van der Waals surface area contributed by atoms with Crippen LogP contribution in [0.4, 0.5) is 13.2 Å². The van der Waals surface area contributed by atoms with E-state index in [1.54, 1.807) is 24.8 Å². The second kappa shape index (κ2) is 8.38. The van der Waals surface area contributed by atoms with Crippen molar-refractivity contribution >= 4 is 16.9 Å². The van der Waals surface area contributed by atoms with E-state index in [1.165, 1.54) is 0 Å². The molecule has 1 aliphatic rings. The van der Waals surface area contributed by atoms with Crippen molar-refractivity contribution in [3.63, 3.8) is 0 Å². The summed E-state index contributed by atoms with van der Waals surface area (Å²) in [4.78, 5) is 26.1. The number of halogens is 3. The molecule has 0 aliphatic carbocycles. The minimum absolute atomic E-state index is 0.00512. The molecule has 0 spiro atoms. The number of methoxy groups -OCH3 is 1. The number of nitrogens with zero attached hydrogens (tertiary/aromatic N) is 2. The summed E-state index contributed by atoms with van der Waals surface area (Å²) in [6, 6.07) is 5.46. The molecule has 0 amide bonds. The first-order valence-corrected chi connectivity index (χ1v) is 8.20. The maximum Gasteiger partial charge on any atom is 0.490 e. The van der Waals surface area contributed by atoms with Crippen LogP contribution in [-0.2, 0) is 11.8 Å². The van der Waals surface area contributed by atoms with E-state index in [4.69, 9.17) is 19.6 Å². The van der Waals surface area contributed by atoms with Gasteiger partial charge in [0.2, 0.25) is 0 Å². The maximum atomic E-state index is 12.5.